The molecule has 0 aliphatic heterocycles. The molecule has 0 saturated heterocycles. The van der Waals surface area contributed by atoms with Crippen LogP contribution in [0.5, 0.6) is 0 Å². The maximum absolute atomic E-state index is 11.5. The first kappa shape index (κ1) is 12.7. The molecule has 0 aromatic carbocycles. The second-order valence-electron chi connectivity index (χ2n) is 3.41. The molecule has 0 radical (unpaired) electrons. The van der Waals surface area contributed by atoms with Gasteiger partial charge in [0.2, 0.25) is 0 Å². The quantitative estimate of drug-likeness (QED) is 0.697. The maximum Gasteiger partial charge on any atom is 0.268 e. The minimum absolute atomic E-state index is 0.0915. The molecule has 1 rings (SSSR count). The minimum Gasteiger partial charge on any atom is -0.394 e. The second kappa shape index (κ2) is 6.24. The fourth-order valence-electron chi connectivity index (χ4n) is 1.25. The standard InChI is InChI=1S/C10H17N3O3/c1-12(4-6-16-2)9-7-10(15)13(3-5-14)11-8-9/h7-8,14H,3-6H2,1-2H3. The fraction of sp³-hybridized carbons (Fsp3) is 0.600. The minimum atomic E-state index is -0.212. The van der Waals surface area contributed by atoms with Crippen LogP contribution in [-0.2, 0) is 11.3 Å². The summed E-state index contributed by atoms with van der Waals surface area (Å²) in [6, 6.07) is 1.50. The lowest BCUT2D eigenvalue weighted by molar-refractivity contribution is 0.206. The first-order valence-electron chi connectivity index (χ1n) is 5.07. The second-order valence-corrected chi connectivity index (χ2v) is 3.41. The van der Waals surface area contributed by atoms with E-state index in [0.717, 1.165) is 5.69 Å². The van der Waals surface area contributed by atoms with E-state index in [9.17, 15) is 4.79 Å². The topological polar surface area (TPSA) is 67.6 Å². The first-order valence-corrected chi connectivity index (χ1v) is 5.07. The number of anilines is 1. The van der Waals surface area contributed by atoms with Crippen molar-refractivity contribution >= 4 is 5.69 Å². The highest BCUT2D eigenvalue weighted by molar-refractivity contribution is 5.41. The van der Waals surface area contributed by atoms with E-state index in [1.165, 1.54) is 10.7 Å². The average Bonchev–Trinajstić information content (AvgIpc) is 2.29. The molecule has 6 heteroatoms. The Hall–Kier alpha value is -1.40. The third-order valence-corrected chi connectivity index (χ3v) is 2.24. The normalized spacial score (nSPS) is 10.4. The molecule has 0 unspecified atom stereocenters. The van der Waals surface area contributed by atoms with Crippen LogP contribution in [0.2, 0.25) is 0 Å². The molecular weight excluding hydrogens is 210 g/mol. The molecule has 1 N–H and O–H groups in total. The number of likely N-dealkylation sites (N-methyl/N-ethyl adjacent to an activating group) is 1. The number of aromatic nitrogens is 2. The zero-order valence-corrected chi connectivity index (χ0v) is 9.59. The summed E-state index contributed by atoms with van der Waals surface area (Å²) in [6.45, 7) is 1.42. The summed E-state index contributed by atoms with van der Waals surface area (Å²) < 4.78 is 6.18. The van der Waals surface area contributed by atoms with Crippen molar-refractivity contribution < 1.29 is 9.84 Å². The Balaban J connectivity index is 2.76. The molecule has 0 aliphatic rings. The molecule has 90 valence electrons. The summed E-state index contributed by atoms with van der Waals surface area (Å²) in [4.78, 5) is 13.4. The molecule has 0 saturated carbocycles. The van der Waals surface area contributed by atoms with E-state index in [-0.39, 0.29) is 18.7 Å². The molecule has 0 aliphatic carbocycles. The predicted octanol–water partition coefficient (Wildman–Crippen LogP) is -0.682. The van der Waals surface area contributed by atoms with Crippen LogP contribution in [0, 0.1) is 0 Å². The number of aliphatic hydroxyl groups is 1. The first-order chi connectivity index (χ1) is 7.69. The maximum atomic E-state index is 11.5. The van der Waals surface area contributed by atoms with Crippen molar-refractivity contribution in [3.63, 3.8) is 0 Å². The Morgan fingerprint density at radius 1 is 1.62 bits per heavy atom. The predicted molar refractivity (Wildman–Crippen MR) is 60.7 cm³/mol. The van der Waals surface area contributed by atoms with Crippen molar-refractivity contribution in [1.82, 2.24) is 9.78 Å². The largest absolute Gasteiger partial charge is 0.394 e. The zero-order valence-electron chi connectivity index (χ0n) is 9.59. The molecular formula is C10H17N3O3. The van der Waals surface area contributed by atoms with Crippen molar-refractivity contribution in [2.45, 2.75) is 6.54 Å². The number of ether oxygens (including phenoxy) is 1. The van der Waals surface area contributed by atoms with Crippen molar-refractivity contribution in [2.24, 2.45) is 0 Å². The van der Waals surface area contributed by atoms with Gasteiger partial charge in [0, 0.05) is 26.8 Å². The van der Waals surface area contributed by atoms with E-state index in [2.05, 4.69) is 5.10 Å². The third-order valence-electron chi connectivity index (χ3n) is 2.24. The highest BCUT2D eigenvalue weighted by Gasteiger charge is 2.04. The van der Waals surface area contributed by atoms with Gasteiger partial charge < -0.3 is 14.7 Å². The number of nitrogens with zero attached hydrogens (tertiary/aromatic N) is 3. The van der Waals surface area contributed by atoms with Crippen LogP contribution in [-0.4, -0.2) is 48.8 Å². The van der Waals surface area contributed by atoms with E-state index >= 15 is 0 Å². The van der Waals surface area contributed by atoms with Gasteiger partial charge in [-0.3, -0.25) is 4.79 Å². The van der Waals surface area contributed by atoms with Gasteiger partial charge in [-0.1, -0.05) is 0 Å². The summed E-state index contributed by atoms with van der Waals surface area (Å²) in [7, 11) is 3.50. The van der Waals surface area contributed by atoms with Crippen molar-refractivity contribution in [3.8, 4) is 0 Å². The van der Waals surface area contributed by atoms with Crippen molar-refractivity contribution in [3.05, 3.63) is 22.6 Å². The number of rotatable bonds is 6. The number of hydrogen-bond donors (Lipinski definition) is 1. The van der Waals surface area contributed by atoms with E-state index in [4.69, 9.17) is 9.84 Å². The van der Waals surface area contributed by atoms with Crippen LogP contribution in [0.1, 0.15) is 0 Å². The Morgan fingerprint density at radius 2 is 2.38 bits per heavy atom. The van der Waals surface area contributed by atoms with E-state index in [1.807, 2.05) is 11.9 Å². The Morgan fingerprint density at radius 3 is 2.94 bits per heavy atom. The van der Waals surface area contributed by atoms with Gasteiger partial charge in [0.15, 0.2) is 0 Å². The molecule has 0 spiro atoms. The van der Waals surface area contributed by atoms with E-state index in [1.54, 1.807) is 13.3 Å². The third kappa shape index (κ3) is 3.32. The lowest BCUT2D eigenvalue weighted by Gasteiger charge is -2.18. The monoisotopic (exact) mass is 227 g/mol. The van der Waals surface area contributed by atoms with E-state index in [0.29, 0.717) is 13.2 Å². The van der Waals surface area contributed by atoms with Crippen LogP contribution >= 0.6 is 0 Å². The van der Waals surface area contributed by atoms with Crippen LogP contribution in [0.15, 0.2) is 17.1 Å². The highest BCUT2D eigenvalue weighted by atomic mass is 16.5. The van der Waals surface area contributed by atoms with Gasteiger partial charge >= 0.3 is 0 Å². The van der Waals surface area contributed by atoms with Gasteiger partial charge in [0.05, 0.1) is 31.6 Å². The SMILES string of the molecule is COCCN(C)c1cnn(CCO)c(=O)c1. The molecule has 1 heterocycles. The fourth-order valence-corrected chi connectivity index (χ4v) is 1.25. The van der Waals surface area contributed by atoms with Crippen molar-refractivity contribution in [2.75, 3.05) is 38.8 Å². The highest BCUT2D eigenvalue weighted by Crippen LogP contribution is 2.05. The van der Waals surface area contributed by atoms with E-state index < -0.39 is 0 Å². The molecule has 0 fully saturated rings. The van der Waals surface area contributed by atoms with Gasteiger partial charge in [-0.15, -0.1) is 0 Å². The van der Waals surface area contributed by atoms with Gasteiger partial charge in [-0.05, 0) is 0 Å². The summed E-state index contributed by atoms with van der Waals surface area (Å²) in [5, 5.41) is 12.7. The Kier molecular flexibility index (Phi) is 4.94. The summed E-state index contributed by atoms with van der Waals surface area (Å²) >= 11 is 0. The molecule has 1 aromatic rings. The number of aliphatic hydroxyl groups excluding tert-OH is 1. The Bertz CT molecular complexity index is 378. The number of methoxy groups -OCH3 is 1. The van der Waals surface area contributed by atoms with Crippen LogP contribution in [0.3, 0.4) is 0 Å². The van der Waals surface area contributed by atoms with Gasteiger partial charge in [0.25, 0.3) is 5.56 Å². The lowest BCUT2D eigenvalue weighted by atomic mass is 10.4. The lowest BCUT2D eigenvalue weighted by Crippen LogP contribution is -2.28. The molecule has 6 nitrogen and oxygen atoms in total. The molecule has 16 heavy (non-hydrogen) atoms. The van der Waals surface area contributed by atoms with Gasteiger partial charge in [-0.25, -0.2) is 4.68 Å². The Labute approximate surface area is 94.1 Å². The smallest absolute Gasteiger partial charge is 0.268 e. The van der Waals surface area contributed by atoms with Crippen molar-refractivity contribution in [1.29, 1.82) is 0 Å². The molecule has 0 bridgehead atoms. The molecule has 0 atom stereocenters. The van der Waals surface area contributed by atoms with Gasteiger partial charge in [0.1, 0.15) is 0 Å². The summed E-state index contributed by atoms with van der Waals surface area (Å²) in [5.74, 6) is 0. The summed E-state index contributed by atoms with van der Waals surface area (Å²) in [6.07, 6.45) is 1.60. The van der Waals surface area contributed by atoms with Gasteiger partial charge in [-0.2, -0.15) is 5.10 Å². The van der Waals surface area contributed by atoms with Crippen LogP contribution in [0.4, 0.5) is 5.69 Å². The van der Waals surface area contributed by atoms with Crippen LogP contribution in [0.25, 0.3) is 0 Å². The summed E-state index contributed by atoms with van der Waals surface area (Å²) in [5.41, 5.74) is 0.534. The molecule has 1 aromatic heterocycles. The average molecular weight is 227 g/mol. The van der Waals surface area contributed by atoms with Crippen LogP contribution < -0.4 is 10.5 Å². The number of hydrogen-bond acceptors (Lipinski definition) is 5. The zero-order chi connectivity index (χ0) is 12.0. The molecule has 0 amide bonds.